The van der Waals surface area contributed by atoms with Gasteiger partial charge in [-0.1, -0.05) is 45.0 Å². The Balaban J connectivity index is 0.0000389. The Hall–Kier alpha value is -3.94. The Bertz CT molecular complexity index is 2380. The van der Waals surface area contributed by atoms with E-state index in [0.29, 0.717) is 289 Å². The number of amides is 3. The maximum absolute atomic E-state index is 13.7. The number of aromatic nitrogens is 1. The fraction of sp³-hybridized carbons (Fsp3) is 0.819. The van der Waals surface area contributed by atoms with Crippen LogP contribution in [-0.4, -0.2) is 373 Å². The molecule has 0 spiro atoms. The zero-order valence-corrected chi connectivity index (χ0v) is 65.8. The van der Waals surface area contributed by atoms with Gasteiger partial charge in [0.15, 0.2) is 0 Å². The third kappa shape index (κ3) is 53.6. The second kappa shape index (κ2) is 70.0. The summed E-state index contributed by atoms with van der Waals surface area (Å²) >= 11 is 1.50. The summed E-state index contributed by atoms with van der Waals surface area (Å²) in [4.78, 5) is 60.4. The van der Waals surface area contributed by atoms with Gasteiger partial charge in [0.1, 0.15) is 12.8 Å². The number of aliphatic hydroxyl groups is 1. The number of aliphatic hydroxyl groups excluding tert-OH is 1. The number of esters is 1. The standard InChI is InChI=1S/C72H127N5O28S.ClH/c1-61-69(106-59-75-61)63-8-6-62(7-9-63)65(77(60-78)67-56-64(79)57-76(67)71(82)70(73)72(2,3)4)58-105-68(81)11-10-66(80)74-12-13-84-16-17-86-20-21-88-24-25-90-28-29-92-32-33-94-36-37-96-40-41-98-44-45-100-48-49-102-52-53-104-55-54-103-51-50-101-47-46-99-43-42-97-39-38-95-35-34-93-31-30-91-27-26-89-23-22-87-19-18-85-15-14-83-5;/h6-9,59-60,64-65,67,70,79H,10-58,73H2,1-5H3,(H,74,80);1H/t64-,65+,67-,70-;/m1./s1. The summed E-state index contributed by atoms with van der Waals surface area (Å²) in [5, 5.41) is 13.5. The van der Waals surface area contributed by atoms with Gasteiger partial charge in [0.2, 0.25) is 18.2 Å². The number of β-amino-alcohol motifs (C(OH)–C–C–N with tert-alkyl or cyclic N) is 1. The Morgan fingerprint density at radius 2 is 0.832 bits per heavy atom. The monoisotopic (exact) mass is 1580 g/mol. The average Bonchev–Trinajstić information content (AvgIpc) is 1.70. The smallest absolute Gasteiger partial charge is 0.306 e. The number of hydrogen-bond donors (Lipinski definition) is 3. The first-order chi connectivity index (χ1) is 51.9. The van der Waals surface area contributed by atoms with Crippen molar-refractivity contribution in [1.29, 1.82) is 0 Å². The SMILES string of the molecule is COCCOCCOCCOCCOCCOCCOCCOCCOCCOCCOCCOCCOCCOCCOCCOCCOCCOCCOCCOCCOCCOCCNC(=O)CCC(=O)OC[C@@H](c1ccc(-c2scnc2C)cc1)N(C=O)[C@@H]1C[C@@H](O)CN1C(=O)[C@@H](N)C(C)(C)C.Cl. The molecule has 0 radical (unpaired) electrons. The summed E-state index contributed by atoms with van der Waals surface area (Å²) in [6, 6.07) is 5.72. The van der Waals surface area contributed by atoms with Crippen LogP contribution in [0.25, 0.3) is 10.4 Å². The molecule has 1 fully saturated rings. The molecule has 4 N–H and O–H groups in total. The van der Waals surface area contributed by atoms with Gasteiger partial charge in [0.25, 0.3) is 0 Å². The van der Waals surface area contributed by atoms with Crippen LogP contribution in [0.4, 0.5) is 0 Å². The molecule has 35 heteroatoms. The summed E-state index contributed by atoms with van der Waals surface area (Å²) in [5.74, 6) is -1.41. The maximum atomic E-state index is 13.7. The number of hydrogen-bond acceptors (Lipinski definition) is 31. The molecule has 1 saturated heterocycles. The second-order valence-electron chi connectivity index (χ2n) is 24.5. The van der Waals surface area contributed by atoms with Crippen LogP contribution < -0.4 is 11.1 Å². The van der Waals surface area contributed by atoms with Gasteiger partial charge in [0.05, 0.1) is 325 Å². The molecule has 1 aliphatic heterocycles. The number of thiazole rings is 1. The molecule has 0 bridgehead atoms. The van der Waals surface area contributed by atoms with E-state index in [1.54, 1.807) is 12.6 Å². The van der Waals surface area contributed by atoms with E-state index in [-0.39, 0.29) is 63.9 Å². The number of aryl methyl sites for hydroxylation is 1. The minimum absolute atomic E-state index is 0. The van der Waals surface area contributed by atoms with E-state index < -0.39 is 41.6 Å². The predicted molar refractivity (Wildman–Crippen MR) is 396 cm³/mol. The maximum Gasteiger partial charge on any atom is 0.306 e. The lowest BCUT2D eigenvalue weighted by Gasteiger charge is -2.40. The van der Waals surface area contributed by atoms with Crippen LogP contribution in [0.2, 0.25) is 0 Å². The molecule has 3 rings (SSSR count). The minimum Gasteiger partial charge on any atom is -0.463 e. The number of benzene rings is 1. The summed E-state index contributed by atoms with van der Waals surface area (Å²) in [7, 11) is 1.64. The highest BCUT2D eigenvalue weighted by molar-refractivity contribution is 7.13. The molecule has 1 aliphatic rings. The van der Waals surface area contributed by atoms with Crippen LogP contribution in [0.1, 0.15) is 57.3 Å². The van der Waals surface area contributed by atoms with E-state index >= 15 is 0 Å². The fourth-order valence-corrected chi connectivity index (χ4v) is 10.3. The van der Waals surface area contributed by atoms with Crippen molar-refractivity contribution in [3.8, 4) is 10.4 Å². The molecule has 2 aromatic rings. The number of methoxy groups -OCH3 is 1. The van der Waals surface area contributed by atoms with E-state index in [0.717, 1.165) is 16.1 Å². The van der Waals surface area contributed by atoms with E-state index in [2.05, 4.69) is 10.3 Å². The van der Waals surface area contributed by atoms with Gasteiger partial charge in [-0.05, 0) is 23.5 Å². The van der Waals surface area contributed by atoms with Crippen LogP contribution in [0, 0.1) is 12.3 Å². The third-order valence-corrected chi connectivity index (χ3v) is 16.2. The summed E-state index contributed by atoms with van der Waals surface area (Å²) < 4.78 is 126. The number of ether oxygens (including phenoxy) is 23. The molecule has 1 aromatic carbocycles. The first-order valence-corrected chi connectivity index (χ1v) is 37.8. The minimum atomic E-state index is -0.899. The van der Waals surface area contributed by atoms with Crippen molar-refractivity contribution in [2.75, 3.05) is 311 Å². The molecule has 0 saturated carbocycles. The molecule has 0 aliphatic carbocycles. The Morgan fingerprint density at radius 1 is 0.523 bits per heavy atom. The van der Waals surface area contributed by atoms with Gasteiger partial charge in [0, 0.05) is 33.0 Å². The zero-order chi connectivity index (χ0) is 76.3. The average molecular weight is 1580 g/mol. The largest absolute Gasteiger partial charge is 0.463 e. The number of carbonyl (C=O) groups excluding carboxylic acids is 4. The predicted octanol–water partition coefficient (Wildman–Crippen LogP) is 2.77. The van der Waals surface area contributed by atoms with Crippen LogP contribution in [0.3, 0.4) is 0 Å². The lowest BCUT2D eigenvalue weighted by Crippen LogP contribution is -2.56. The van der Waals surface area contributed by atoms with E-state index in [1.807, 2.05) is 52.0 Å². The molecular weight excluding hydrogens is 1450 g/mol. The number of likely N-dealkylation sites (tertiary alicyclic amines) is 1. The molecule has 1 aromatic heterocycles. The van der Waals surface area contributed by atoms with E-state index in [9.17, 15) is 24.3 Å². The van der Waals surface area contributed by atoms with Crippen LogP contribution in [0.15, 0.2) is 29.8 Å². The number of nitrogens with one attached hydrogen (secondary N) is 1. The molecule has 2 heterocycles. The first kappa shape index (κ1) is 99.1. The fourth-order valence-electron chi connectivity index (χ4n) is 9.46. The highest BCUT2D eigenvalue weighted by Gasteiger charge is 2.44. The number of nitrogens with zero attached hydrogens (tertiary/aromatic N) is 3. The number of nitrogens with two attached hydrogens (primary N) is 1. The van der Waals surface area contributed by atoms with Crippen LogP contribution >= 0.6 is 23.7 Å². The third-order valence-electron chi connectivity index (χ3n) is 15.3. The molecule has 622 valence electrons. The Kier molecular flexibility index (Phi) is 64.8. The Labute approximate surface area is 643 Å². The molecule has 107 heavy (non-hydrogen) atoms. The lowest BCUT2D eigenvalue weighted by molar-refractivity contribution is -0.152. The van der Waals surface area contributed by atoms with Crippen molar-refractivity contribution in [2.45, 2.75) is 71.3 Å². The van der Waals surface area contributed by atoms with Crippen molar-refractivity contribution >= 4 is 47.9 Å². The summed E-state index contributed by atoms with van der Waals surface area (Å²) in [6.07, 6.45) is -1.41. The highest BCUT2D eigenvalue weighted by atomic mass is 35.5. The molecule has 3 amide bonds. The van der Waals surface area contributed by atoms with Crippen molar-refractivity contribution in [3.63, 3.8) is 0 Å². The zero-order valence-electron chi connectivity index (χ0n) is 64.1. The highest BCUT2D eigenvalue weighted by Crippen LogP contribution is 2.34. The van der Waals surface area contributed by atoms with Gasteiger partial charge in [-0.2, -0.15) is 0 Å². The number of carbonyl (C=O) groups is 4. The van der Waals surface area contributed by atoms with E-state index in [4.69, 9.17) is 115 Å². The van der Waals surface area contributed by atoms with Gasteiger partial charge in [-0.3, -0.25) is 19.2 Å². The first-order valence-electron chi connectivity index (χ1n) is 36.9. The normalized spacial score (nSPS) is 14.4. The quantitative estimate of drug-likeness (QED) is 0.0487. The van der Waals surface area contributed by atoms with Gasteiger partial charge >= 0.3 is 5.97 Å². The van der Waals surface area contributed by atoms with Crippen molar-refractivity contribution in [2.24, 2.45) is 11.1 Å². The molecular formula is C72H128ClN5O28S. The lowest BCUT2D eigenvalue weighted by atomic mass is 9.86. The summed E-state index contributed by atoms with van der Waals surface area (Å²) in [5.41, 5.74) is 9.99. The summed E-state index contributed by atoms with van der Waals surface area (Å²) in [6.45, 7) is 27.3. The van der Waals surface area contributed by atoms with Crippen molar-refractivity contribution < 1.29 is 133 Å². The van der Waals surface area contributed by atoms with Gasteiger partial charge in [-0.15, -0.1) is 23.7 Å². The van der Waals surface area contributed by atoms with Crippen molar-refractivity contribution in [3.05, 3.63) is 41.0 Å². The van der Waals surface area contributed by atoms with Crippen LogP contribution in [0.5, 0.6) is 0 Å². The van der Waals surface area contributed by atoms with Gasteiger partial charge in [-0.25, -0.2) is 4.98 Å². The topological polar surface area (TPSA) is 358 Å². The van der Waals surface area contributed by atoms with Gasteiger partial charge < -0.3 is 135 Å². The second-order valence-corrected chi connectivity index (χ2v) is 25.4. The number of halogens is 1. The Morgan fingerprint density at radius 3 is 1.11 bits per heavy atom. The number of rotatable bonds is 77. The van der Waals surface area contributed by atoms with Crippen molar-refractivity contribution in [1.82, 2.24) is 20.1 Å². The molecule has 4 atom stereocenters. The van der Waals surface area contributed by atoms with E-state index in [1.165, 1.54) is 21.1 Å². The molecule has 0 unspecified atom stereocenters. The molecule has 33 nitrogen and oxygen atoms in total. The van der Waals surface area contributed by atoms with Crippen LogP contribution in [-0.2, 0) is 128 Å².